The van der Waals surface area contributed by atoms with Gasteiger partial charge in [0.2, 0.25) is 5.95 Å². The molecule has 0 aliphatic rings. The maximum absolute atomic E-state index is 9.49. The van der Waals surface area contributed by atoms with Crippen molar-refractivity contribution in [2.75, 3.05) is 5.73 Å². The Hall–Kier alpha value is -1.16. The molecule has 1 heterocycles. The predicted octanol–water partition coefficient (Wildman–Crippen LogP) is 0.983. The van der Waals surface area contributed by atoms with Gasteiger partial charge >= 0.3 is 0 Å². The topological polar surface area (TPSA) is 72.0 Å². The maximum Gasteiger partial charge on any atom is 0.220 e. The Labute approximate surface area is 77.8 Å². The fourth-order valence-electron chi connectivity index (χ4n) is 1.48. The van der Waals surface area contributed by atoms with Gasteiger partial charge in [0.05, 0.1) is 11.8 Å². The number of nitrogens with two attached hydrogens (primary N) is 1. The Bertz CT molecular complexity index is 310. The van der Waals surface area contributed by atoms with E-state index in [2.05, 4.69) is 9.97 Å². The third kappa shape index (κ3) is 1.95. The van der Waals surface area contributed by atoms with Crippen molar-refractivity contribution < 1.29 is 5.11 Å². The predicted molar refractivity (Wildman–Crippen MR) is 51.2 cm³/mol. The second-order valence-electron chi connectivity index (χ2n) is 3.06. The molecule has 0 radical (unpaired) electrons. The quantitative estimate of drug-likeness (QED) is 0.713. The summed E-state index contributed by atoms with van der Waals surface area (Å²) in [5.74, 6) is 0.277. The monoisotopic (exact) mass is 181 g/mol. The molecular weight excluding hydrogens is 166 g/mol. The van der Waals surface area contributed by atoms with Gasteiger partial charge < -0.3 is 10.8 Å². The van der Waals surface area contributed by atoms with E-state index in [9.17, 15) is 5.11 Å². The van der Waals surface area contributed by atoms with Crippen molar-refractivity contribution in [3.05, 3.63) is 17.0 Å². The molecule has 0 spiro atoms. The number of aryl methyl sites for hydroxylation is 2. The molecule has 72 valence electrons. The lowest BCUT2D eigenvalue weighted by atomic mass is 10.1. The summed E-state index contributed by atoms with van der Waals surface area (Å²) in [6.45, 7) is 5.52. The largest absolute Gasteiger partial charge is 0.389 e. The van der Waals surface area contributed by atoms with Crippen LogP contribution in [-0.2, 0) is 6.42 Å². The SMILES string of the molecule is CCc1nc(N)nc(C)c1C(C)O. The Kier molecular flexibility index (Phi) is 2.83. The highest BCUT2D eigenvalue weighted by molar-refractivity contribution is 5.32. The first-order valence-electron chi connectivity index (χ1n) is 4.37. The molecule has 1 aromatic heterocycles. The molecule has 0 amide bonds. The van der Waals surface area contributed by atoms with Crippen LogP contribution in [0.4, 0.5) is 5.95 Å². The second kappa shape index (κ2) is 3.70. The molecule has 3 N–H and O–H groups in total. The number of hydrogen-bond acceptors (Lipinski definition) is 4. The summed E-state index contributed by atoms with van der Waals surface area (Å²) >= 11 is 0. The van der Waals surface area contributed by atoms with Gasteiger partial charge in [-0.1, -0.05) is 6.92 Å². The minimum absolute atomic E-state index is 0.277. The first-order chi connectivity index (χ1) is 6.06. The molecule has 1 unspecified atom stereocenters. The molecule has 0 aliphatic heterocycles. The van der Waals surface area contributed by atoms with E-state index in [1.807, 2.05) is 13.8 Å². The first-order valence-corrected chi connectivity index (χ1v) is 4.37. The highest BCUT2D eigenvalue weighted by Gasteiger charge is 2.13. The molecule has 1 rings (SSSR count). The molecule has 4 heteroatoms. The van der Waals surface area contributed by atoms with E-state index in [4.69, 9.17) is 5.73 Å². The minimum Gasteiger partial charge on any atom is -0.389 e. The summed E-state index contributed by atoms with van der Waals surface area (Å²) < 4.78 is 0. The molecule has 0 saturated carbocycles. The molecule has 1 atom stereocenters. The number of rotatable bonds is 2. The fourth-order valence-corrected chi connectivity index (χ4v) is 1.48. The van der Waals surface area contributed by atoms with Gasteiger partial charge in [0, 0.05) is 11.3 Å². The Morgan fingerprint density at radius 2 is 2.08 bits per heavy atom. The molecule has 4 nitrogen and oxygen atoms in total. The summed E-state index contributed by atoms with van der Waals surface area (Å²) in [5.41, 5.74) is 7.90. The standard InChI is InChI=1S/C9H15N3O/c1-4-7-8(6(3)13)5(2)11-9(10)12-7/h6,13H,4H2,1-3H3,(H2,10,11,12). The fraction of sp³-hybridized carbons (Fsp3) is 0.556. The van der Waals surface area contributed by atoms with Crippen molar-refractivity contribution in [1.82, 2.24) is 9.97 Å². The second-order valence-corrected chi connectivity index (χ2v) is 3.06. The van der Waals surface area contributed by atoms with Crippen molar-refractivity contribution in [1.29, 1.82) is 0 Å². The van der Waals surface area contributed by atoms with Crippen LogP contribution >= 0.6 is 0 Å². The van der Waals surface area contributed by atoms with E-state index >= 15 is 0 Å². The van der Waals surface area contributed by atoms with Crippen LogP contribution in [0.3, 0.4) is 0 Å². The van der Waals surface area contributed by atoms with Crippen molar-refractivity contribution in [3.8, 4) is 0 Å². The normalized spacial score (nSPS) is 12.9. The smallest absolute Gasteiger partial charge is 0.220 e. The average molecular weight is 181 g/mol. The number of aliphatic hydroxyl groups is 1. The van der Waals surface area contributed by atoms with Crippen molar-refractivity contribution in [3.63, 3.8) is 0 Å². The molecule has 0 aromatic carbocycles. The van der Waals surface area contributed by atoms with Crippen molar-refractivity contribution in [2.45, 2.75) is 33.3 Å². The van der Waals surface area contributed by atoms with Gasteiger partial charge in [-0.05, 0) is 20.3 Å². The van der Waals surface area contributed by atoms with Crippen LogP contribution in [0.15, 0.2) is 0 Å². The molecule has 0 aliphatic carbocycles. The molecule has 0 fully saturated rings. The summed E-state index contributed by atoms with van der Waals surface area (Å²) in [5, 5.41) is 9.49. The third-order valence-corrected chi connectivity index (χ3v) is 1.99. The van der Waals surface area contributed by atoms with Gasteiger partial charge in [-0.2, -0.15) is 0 Å². The molecular formula is C9H15N3O. The number of hydrogen-bond donors (Lipinski definition) is 2. The van der Waals surface area contributed by atoms with E-state index in [-0.39, 0.29) is 5.95 Å². The highest BCUT2D eigenvalue weighted by atomic mass is 16.3. The van der Waals surface area contributed by atoms with E-state index in [1.165, 1.54) is 0 Å². The number of aliphatic hydroxyl groups excluding tert-OH is 1. The summed E-state index contributed by atoms with van der Waals surface area (Å²) in [4.78, 5) is 8.09. The highest BCUT2D eigenvalue weighted by Crippen LogP contribution is 2.20. The Morgan fingerprint density at radius 3 is 2.54 bits per heavy atom. The van der Waals surface area contributed by atoms with Crippen LogP contribution in [0.2, 0.25) is 0 Å². The van der Waals surface area contributed by atoms with E-state index in [0.717, 1.165) is 23.4 Å². The lowest BCUT2D eigenvalue weighted by Crippen LogP contribution is -2.09. The lowest BCUT2D eigenvalue weighted by molar-refractivity contribution is 0.196. The van der Waals surface area contributed by atoms with E-state index < -0.39 is 6.10 Å². The van der Waals surface area contributed by atoms with Gasteiger partial charge in [0.1, 0.15) is 0 Å². The van der Waals surface area contributed by atoms with Crippen molar-refractivity contribution in [2.24, 2.45) is 0 Å². The number of nitrogen functional groups attached to an aromatic ring is 1. The molecule has 13 heavy (non-hydrogen) atoms. The molecule has 0 saturated heterocycles. The minimum atomic E-state index is -0.532. The Balaban J connectivity index is 3.30. The van der Waals surface area contributed by atoms with Gasteiger partial charge in [-0.15, -0.1) is 0 Å². The molecule has 0 bridgehead atoms. The molecule has 1 aromatic rings. The van der Waals surface area contributed by atoms with Crippen LogP contribution in [0.5, 0.6) is 0 Å². The van der Waals surface area contributed by atoms with Crippen LogP contribution in [0.25, 0.3) is 0 Å². The maximum atomic E-state index is 9.49. The number of anilines is 1. The van der Waals surface area contributed by atoms with Gasteiger partial charge in [-0.3, -0.25) is 0 Å². The summed E-state index contributed by atoms with van der Waals surface area (Å²) in [6, 6.07) is 0. The van der Waals surface area contributed by atoms with Crippen molar-refractivity contribution >= 4 is 5.95 Å². The zero-order chi connectivity index (χ0) is 10.0. The zero-order valence-corrected chi connectivity index (χ0v) is 8.20. The average Bonchev–Trinajstić information content (AvgIpc) is 2.01. The van der Waals surface area contributed by atoms with Gasteiger partial charge in [0.25, 0.3) is 0 Å². The zero-order valence-electron chi connectivity index (χ0n) is 8.20. The summed E-state index contributed by atoms with van der Waals surface area (Å²) in [7, 11) is 0. The first kappa shape index (κ1) is 9.92. The van der Waals surface area contributed by atoms with E-state index in [1.54, 1.807) is 6.92 Å². The van der Waals surface area contributed by atoms with E-state index in [0.29, 0.717) is 0 Å². The van der Waals surface area contributed by atoms with Crippen LogP contribution in [0, 0.1) is 6.92 Å². The third-order valence-electron chi connectivity index (χ3n) is 1.99. The summed E-state index contributed by atoms with van der Waals surface area (Å²) in [6.07, 6.45) is 0.226. The van der Waals surface area contributed by atoms with Crippen LogP contribution in [0.1, 0.15) is 36.9 Å². The van der Waals surface area contributed by atoms with Crippen LogP contribution < -0.4 is 5.73 Å². The van der Waals surface area contributed by atoms with Gasteiger partial charge in [0.15, 0.2) is 0 Å². The van der Waals surface area contributed by atoms with Crippen LogP contribution in [-0.4, -0.2) is 15.1 Å². The lowest BCUT2D eigenvalue weighted by Gasteiger charge is -2.12. The number of nitrogens with zero attached hydrogens (tertiary/aromatic N) is 2. The number of aromatic nitrogens is 2. The van der Waals surface area contributed by atoms with Gasteiger partial charge in [-0.25, -0.2) is 9.97 Å². The Morgan fingerprint density at radius 1 is 1.46 bits per heavy atom.